The first-order valence-corrected chi connectivity index (χ1v) is 5.11. The van der Waals surface area contributed by atoms with Crippen LogP contribution in [0, 0.1) is 23.3 Å². The van der Waals surface area contributed by atoms with Crippen molar-refractivity contribution in [3.63, 3.8) is 0 Å². The molecule has 0 aliphatic rings. The van der Waals surface area contributed by atoms with Gasteiger partial charge >= 0.3 is 0 Å². The summed E-state index contributed by atoms with van der Waals surface area (Å²) in [7, 11) is 0. The van der Waals surface area contributed by atoms with E-state index in [-0.39, 0.29) is 5.39 Å². The van der Waals surface area contributed by atoms with Crippen molar-refractivity contribution in [2.45, 2.75) is 0 Å². The molecule has 0 aliphatic carbocycles. The van der Waals surface area contributed by atoms with Crippen molar-refractivity contribution < 1.29 is 17.6 Å². The van der Waals surface area contributed by atoms with Gasteiger partial charge in [0.05, 0.1) is 5.52 Å². The van der Waals surface area contributed by atoms with E-state index in [4.69, 9.17) is 0 Å². The van der Waals surface area contributed by atoms with Gasteiger partial charge in [0.2, 0.25) is 0 Å². The van der Waals surface area contributed by atoms with E-state index in [1.165, 1.54) is 6.07 Å². The zero-order chi connectivity index (χ0) is 12.9. The zero-order valence-electron chi connectivity index (χ0n) is 8.85. The minimum absolute atomic E-state index is 0.370. The van der Waals surface area contributed by atoms with Crippen LogP contribution in [-0.4, -0.2) is 4.98 Å². The molecule has 0 N–H and O–H groups in total. The largest absolute Gasteiger partial charge is 0.244 e. The summed E-state index contributed by atoms with van der Waals surface area (Å²) in [5.41, 5.74) is -0.126. The van der Waals surface area contributed by atoms with E-state index >= 15 is 0 Å². The lowest BCUT2D eigenvalue weighted by Gasteiger charge is -2.05. The number of pyridine rings is 1. The van der Waals surface area contributed by atoms with Gasteiger partial charge in [-0.3, -0.25) is 0 Å². The molecule has 1 nitrogen and oxygen atoms in total. The predicted molar refractivity (Wildman–Crippen MR) is 59.1 cm³/mol. The number of halogens is 4. The predicted octanol–water partition coefficient (Wildman–Crippen LogP) is 3.94. The lowest BCUT2D eigenvalue weighted by Crippen LogP contribution is -1.99. The highest BCUT2D eigenvalue weighted by Gasteiger charge is 2.21. The quantitative estimate of drug-likeness (QED) is 0.255. The highest BCUT2D eigenvalue weighted by atomic mass is 19.2. The third-order valence-corrected chi connectivity index (χ3v) is 2.75. The zero-order valence-corrected chi connectivity index (χ0v) is 8.85. The number of nitrogens with zero attached hydrogens (tertiary/aromatic N) is 1. The number of rotatable bonds is 0. The van der Waals surface area contributed by atoms with E-state index in [0.29, 0.717) is 10.9 Å². The smallest absolute Gasteiger partial charge is 0.199 e. The number of hydrogen-bond acceptors (Lipinski definition) is 1. The normalized spacial score (nSPS) is 11.3. The maximum absolute atomic E-state index is 13.5. The van der Waals surface area contributed by atoms with Gasteiger partial charge in [-0.05, 0) is 12.1 Å². The van der Waals surface area contributed by atoms with Crippen molar-refractivity contribution >= 4 is 21.8 Å². The average Bonchev–Trinajstić information content (AvgIpc) is 2.41. The second-order valence-corrected chi connectivity index (χ2v) is 3.83. The fourth-order valence-electron chi connectivity index (χ4n) is 1.87. The van der Waals surface area contributed by atoms with E-state index in [2.05, 4.69) is 4.98 Å². The molecule has 18 heavy (non-hydrogen) atoms. The molecule has 0 spiro atoms. The molecule has 3 aromatic rings. The maximum atomic E-state index is 13.5. The van der Waals surface area contributed by atoms with Crippen LogP contribution < -0.4 is 0 Å². The van der Waals surface area contributed by atoms with E-state index < -0.39 is 28.8 Å². The fraction of sp³-hybridized carbons (Fsp3) is 0. The molecule has 0 unspecified atom stereocenters. The Hall–Kier alpha value is -2.17. The van der Waals surface area contributed by atoms with E-state index in [1.54, 1.807) is 24.3 Å². The minimum atomic E-state index is -1.84. The molecule has 0 fully saturated rings. The number of para-hydroxylation sites is 1. The van der Waals surface area contributed by atoms with Gasteiger partial charge in [-0.1, -0.05) is 18.2 Å². The summed E-state index contributed by atoms with van der Waals surface area (Å²) < 4.78 is 53.3. The van der Waals surface area contributed by atoms with Crippen LogP contribution in [0.25, 0.3) is 21.8 Å². The second kappa shape index (κ2) is 3.66. The molecular formula is C13H5F4N. The first kappa shape index (κ1) is 11.0. The summed E-state index contributed by atoms with van der Waals surface area (Å²) in [6.07, 6.45) is 0. The SMILES string of the molecule is Fc1c(F)c(F)c2nc3ccccc3cc2c1F. The molecule has 2 aromatic carbocycles. The van der Waals surface area contributed by atoms with Gasteiger partial charge in [0.25, 0.3) is 0 Å². The second-order valence-electron chi connectivity index (χ2n) is 3.83. The molecule has 1 aromatic heterocycles. The standard InChI is InChI=1S/C13H5F4N/c14-9-7-5-6-3-1-2-4-8(6)18-13(7)12(17)11(16)10(9)15/h1-5H. The Balaban J connectivity index is 2.58. The van der Waals surface area contributed by atoms with Crippen LogP contribution in [0.4, 0.5) is 17.6 Å². The maximum Gasteiger partial charge on any atom is 0.199 e. The number of benzene rings is 2. The minimum Gasteiger partial charge on any atom is -0.244 e. The summed E-state index contributed by atoms with van der Waals surface area (Å²) in [4.78, 5) is 3.82. The van der Waals surface area contributed by atoms with Crippen LogP contribution in [0.1, 0.15) is 0 Å². The van der Waals surface area contributed by atoms with Gasteiger partial charge in [0, 0.05) is 10.8 Å². The molecule has 0 aliphatic heterocycles. The molecule has 1 heterocycles. The average molecular weight is 251 g/mol. The molecule has 3 rings (SSSR count). The van der Waals surface area contributed by atoms with Crippen LogP contribution in [0.5, 0.6) is 0 Å². The van der Waals surface area contributed by atoms with Gasteiger partial charge < -0.3 is 0 Å². The van der Waals surface area contributed by atoms with E-state index in [0.717, 1.165) is 0 Å². The highest BCUT2D eigenvalue weighted by Crippen LogP contribution is 2.28. The van der Waals surface area contributed by atoms with Gasteiger partial charge in [0.15, 0.2) is 23.3 Å². The summed E-state index contributed by atoms with van der Waals surface area (Å²) in [6, 6.07) is 7.80. The summed E-state index contributed by atoms with van der Waals surface area (Å²) in [6.45, 7) is 0. The molecule has 5 heteroatoms. The van der Waals surface area contributed by atoms with Crippen molar-refractivity contribution in [2.75, 3.05) is 0 Å². The number of hydrogen-bond donors (Lipinski definition) is 0. The van der Waals surface area contributed by atoms with Crippen molar-refractivity contribution in [2.24, 2.45) is 0 Å². The fourth-order valence-corrected chi connectivity index (χ4v) is 1.87. The molecule has 0 bridgehead atoms. The van der Waals surface area contributed by atoms with Gasteiger partial charge in [0.1, 0.15) is 5.52 Å². The summed E-state index contributed by atoms with van der Waals surface area (Å²) in [5.74, 6) is -6.57. The third-order valence-electron chi connectivity index (χ3n) is 2.75. The Morgan fingerprint density at radius 1 is 0.778 bits per heavy atom. The lowest BCUT2D eigenvalue weighted by molar-refractivity contribution is 0.417. The first-order chi connectivity index (χ1) is 8.59. The van der Waals surface area contributed by atoms with Crippen molar-refractivity contribution in [1.82, 2.24) is 4.98 Å². The monoisotopic (exact) mass is 251 g/mol. The van der Waals surface area contributed by atoms with Crippen LogP contribution in [-0.2, 0) is 0 Å². The molecule has 90 valence electrons. The number of aromatic nitrogens is 1. The highest BCUT2D eigenvalue weighted by molar-refractivity contribution is 5.93. The molecule has 0 saturated carbocycles. The van der Waals surface area contributed by atoms with Crippen LogP contribution in [0.15, 0.2) is 30.3 Å². The Morgan fingerprint density at radius 3 is 2.22 bits per heavy atom. The van der Waals surface area contributed by atoms with Crippen molar-refractivity contribution in [3.05, 3.63) is 53.6 Å². The van der Waals surface area contributed by atoms with Crippen LogP contribution in [0.3, 0.4) is 0 Å². The van der Waals surface area contributed by atoms with Gasteiger partial charge in [-0.2, -0.15) is 0 Å². The number of fused-ring (bicyclic) bond motifs is 2. The molecule has 0 saturated heterocycles. The van der Waals surface area contributed by atoms with Crippen molar-refractivity contribution in [1.29, 1.82) is 0 Å². The van der Waals surface area contributed by atoms with E-state index in [9.17, 15) is 17.6 Å². The summed E-state index contributed by atoms with van der Waals surface area (Å²) in [5, 5.41) is 0.152. The Labute approximate surface area is 98.7 Å². The molecular weight excluding hydrogens is 246 g/mol. The molecule has 0 radical (unpaired) electrons. The van der Waals surface area contributed by atoms with Gasteiger partial charge in [-0.15, -0.1) is 0 Å². The van der Waals surface area contributed by atoms with Crippen LogP contribution in [0.2, 0.25) is 0 Å². The Bertz CT molecular complexity index is 717. The topological polar surface area (TPSA) is 12.9 Å². The Kier molecular flexibility index (Phi) is 2.23. The van der Waals surface area contributed by atoms with E-state index in [1.807, 2.05) is 0 Å². The lowest BCUT2D eigenvalue weighted by atomic mass is 10.1. The van der Waals surface area contributed by atoms with Crippen LogP contribution >= 0.6 is 0 Å². The van der Waals surface area contributed by atoms with Gasteiger partial charge in [-0.25, -0.2) is 22.5 Å². The third kappa shape index (κ3) is 1.37. The molecule has 0 atom stereocenters. The first-order valence-electron chi connectivity index (χ1n) is 5.11. The molecule has 0 amide bonds. The van der Waals surface area contributed by atoms with Crippen molar-refractivity contribution in [3.8, 4) is 0 Å². The summed E-state index contributed by atoms with van der Waals surface area (Å²) >= 11 is 0. The Morgan fingerprint density at radius 2 is 1.44 bits per heavy atom.